The van der Waals surface area contributed by atoms with E-state index in [2.05, 4.69) is 21.0 Å². The second-order valence-electron chi connectivity index (χ2n) is 11.4. The minimum atomic E-state index is -5.08. The van der Waals surface area contributed by atoms with Crippen LogP contribution in [0.1, 0.15) is 68.4 Å². The van der Waals surface area contributed by atoms with E-state index >= 15 is 0 Å². The van der Waals surface area contributed by atoms with Gasteiger partial charge in [-0.25, -0.2) is 5.01 Å². The molecule has 3 aromatic carbocycles. The molecule has 4 rings (SSSR count). The Balaban J connectivity index is 1.50. The molecule has 1 aliphatic heterocycles. The van der Waals surface area contributed by atoms with Gasteiger partial charge in [0.1, 0.15) is 0 Å². The predicted octanol–water partition coefficient (Wildman–Crippen LogP) is 8.21. The molecule has 250 valence electrons. The van der Waals surface area contributed by atoms with Gasteiger partial charge in [-0.1, -0.05) is 23.4 Å². The zero-order valence-corrected chi connectivity index (χ0v) is 28.3. The fourth-order valence-corrected chi connectivity index (χ4v) is 6.38. The van der Waals surface area contributed by atoms with Gasteiger partial charge in [-0.05, 0) is 103 Å². The third-order valence-corrected chi connectivity index (χ3v) is 8.91. The van der Waals surface area contributed by atoms with E-state index in [1.807, 2.05) is 42.7 Å². The smallest absolute Gasteiger partial charge is 0.346 e. The predicted molar refractivity (Wildman–Crippen MR) is 173 cm³/mol. The summed E-state index contributed by atoms with van der Waals surface area (Å²) in [6.07, 6.45) is -8.24. The first-order valence-electron chi connectivity index (χ1n) is 13.8. The molecule has 0 aliphatic carbocycles. The number of halogens is 7. The highest BCUT2D eigenvalue weighted by Crippen LogP contribution is 2.39. The Kier molecular flexibility index (Phi) is 10.6. The Labute approximate surface area is 283 Å². The highest BCUT2D eigenvalue weighted by molar-refractivity contribution is 14.1. The van der Waals surface area contributed by atoms with E-state index in [-0.39, 0.29) is 23.7 Å². The maximum atomic E-state index is 13.4. The van der Waals surface area contributed by atoms with Crippen LogP contribution >= 0.6 is 34.4 Å². The number of nitrogens with zero attached hydrogens (tertiary/aromatic N) is 3. The number of amides is 3. The van der Waals surface area contributed by atoms with Gasteiger partial charge in [-0.15, -0.1) is 0 Å². The van der Waals surface area contributed by atoms with Crippen LogP contribution in [0.3, 0.4) is 0 Å². The van der Waals surface area contributed by atoms with E-state index in [1.165, 1.54) is 0 Å². The third-order valence-electron chi connectivity index (χ3n) is 7.00. The van der Waals surface area contributed by atoms with E-state index in [0.717, 1.165) is 5.01 Å². The lowest BCUT2D eigenvalue weighted by Crippen LogP contribution is -2.46. The first kappa shape index (κ1) is 36.2. The van der Waals surface area contributed by atoms with Crippen molar-refractivity contribution < 1.29 is 40.7 Å². The third kappa shape index (κ3) is 8.63. The van der Waals surface area contributed by atoms with Crippen LogP contribution in [0, 0.1) is 10.5 Å². The van der Waals surface area contributed by atoms with Gasteiger partial charge in [-0.3, -0.25) is 14.4 Å². The lowest BCUT2D eigenvalue weighted by atomic mass is 9.99. The van der Waals surface area contributed by atoms with Crippen molar-refractivity contribution in [3.05, 3.63) is 97.1 Å². The van der Waals surface area contributed by atoms with Crippen molar-refractivity contribution in [1.82, 2.24) is 10.3 Å². The number of thioether (sulfide) groups is 1. The molecule has 0 bridgehead atoms. The topological polar surface area (TPSA) is 103 Å². The van der Waals surface area contributed by atoms with Crippen LogP contribution in [0.15, 0.2) is 64.9 Å². The molecule has 1 atom stereocenters. The van der Waals surface area contributed by atoms with Gasteiger partial charge in [0.2, 0.25) is 0 Å². The molecule has 0 spiro atoms. The average Bonchev–Trinajstić information content (AvgIpc) is 3.32. The van der Waals surface area contributed by atoms with Crippen molar-refractivity contribution in [2.45, 2.75) is 51.2 Å². The second-order valence-corrected chi connectivity index (χ2v) is 13.4. The van der Waals surface area contributed by atoms with Crippen LogP contribution in [0.2, 0.25) is 0 Å². The van der Waals surface area contributed by atoms with Crippen molar-refractivity contribution in [1.29, 1.82) is 0 Å². The Bertz CT molecular complexity index is 1710. The van der Waals surface area contributed by atoms with Gasteiger partial charge >= 0.3 is 12.4 Å². The number of aryl methyl sites for hydroxylation is 1. The summed E-state index contributed by atoms with van der Waals surface area (Å²) in [5.74, 6) is -1.17. The zero-order chi connectivity index (χ0) is 34.9. The normalized spacial score (nSPS) is 15.3. The molecule has 0 aromatic heterocycles. The van der Waals surface area contributed by atoms with Gasteiger partial charge in [-0.2, -0.15) is 43.2 Å². The van der Waals surface area contributed by atoms with E-state index in [1.54, 1.807) is 55.1 Å². The van der Waals surface area contributed by atoms with E-state index in [9.17, 15) is 40.7 Å². The molecule has 8 nitrogen and oxygen atoms in total. The highest BCUT2D eigenvalue weighted by atomic mass is 127. The number of nitrogens with one attached hydrogen (secondary N) is 2. The van der Waals surface area contributed by atoms with Crippen LogP contribution in [0.4, 0.5) is 32.0 Å². The fraction of sp³-hybridized carbons (Fsp3) is 0.323. The molecule has 0 saturated heterocycles. The van der Waals surface area contributed by atoms with Gasteiger partial charge in [0.15, 0.2) is 6.04 Å². The molecule has 0 radical (unpaired) electrons. The number of anilines is 1. The molecule has 3 aromatic rings. The summed E-state index contributed by atoms with van der Waals surface area (Å²) in [6, 6.07) is 8.88. The maximum Gasteiger partial charge on any atom is 0.416 e. The monoisotopic (exact) mass is 791 g/mol. The Morgan fingerprint density at radius 1 is 0.957 bits per heavy atom. The molecule has 0 fully saturated rings. The first-order chi connectivity index (χ1) is 21.8. The summed E-state index contributed by atoms with van der Waals surface area (Å²) < 4.78 is 80.5. The highest BCUT2D eigenvalue weighted by Gasteiger charge is 2.40. The molecule has 0 saturated carbocycles. The molecular formula is C31H28F6IN5O3S. The summed E-state index contributed by atoms with van der Waals surface area (Å²) in [7, 11) is 0. The molecule has 1 unspecified atom stereocenters. The SMILES string of the molecule is CSCC(C)(C)NC(=O)c1c(I)cccc1C(=O)Nc1ccc(CN2N=NC(c3cc(C(F)(F)F)cc(C(F)(F)F)c3)C2=O)cc1C. The first-order valence-corrected chi connectivity index (χ1v) is 16.3. The molecule has 47 heavy (non-hydrogen) atoms. The maximum absolute atomic E-state index is 13.4. The number of alkyl halides is 6. The summed E-state index contributed by atoms with van der Waals surface area (Å²) in [6.45, 7) is 5.26. The minimum Gasteiger partial charge on any atom is -0.346 e. The largest absolute Gasteiger partial charge is 0.416 e. The number of carbonyl (C=O) groups excluding carboxylic acids is 3. The number of benzene rings is 3. The molecule has 2 N–H and O–H groups in total. The number of hydrogen-bond acceptors (Lipinski definition) is 6. The number of carbonyl (C=O) groups is 3. The van der Waals surface area contributed by atoms with Gasteiger partial charge in [0.05, 0.1) is 28.8 Å². The molecule has 1 aliphatic rings. The Hall–Kier alpha value is -3.67. The van der Waals surface area contributed by atoms with Crippen molar-refractivity contribution in [3.63, 3.8) is 0 Å². The van der Waals surface area contributed by atoms with Crippen LogP contribution in [0.5, 0.6) is 0 Å². The number of hydrogen-bond donors (Lipinski definition) is 2. The Morgan fingerprint density at radius 2 is 1.60 bits per heavy atom. The summed E-state index contributed by atoms with van der Waals surface area (Å²) in [4.78, 5) is 39.6. The van der Waals surface area contributed by atoms with Gasteiger partial charge in [0, 0.05) is 20.5 Å². The summed E-state index contributed by atoms with van der Waals surface area (Å²) in [5, 5.41) is 14.0. The molecule has 1 heterocycles. The summed E-state index contributed by atoms with van der Waals surface area (Å²) in [5.41, 5.74) is -2.37. The standard InChI is InChI=1S/C31H28F6IN5O3S/c1-16-10-17(14-43-28(46)25(41-42-43)18-11-19(30(32,33)34)13-20(12-18)31(35,36)37)8-9-23(16)39-26(44)21-6-5-7-22(38)24(21)27(45)40-29(2,3)15-47-4/h5-13,25H,14-15H2,1-4H3,(H,39,44)(H,40,45). The van der Waals surface area contributed by atoms with Crippen LogP contribution in [0.25, 0.3) is 0 Å². The quantitative estimate of drug-likeness (QED) is 0.169. The van der Waals surface area contributed by atoms with Crippen LogP contribution < -0.4 is 10.6 Å². The zero-order valence-electron chi connectivity index (χ0n) is 25.3. The van der Waals surface area contributed by atoms with Crippen LogP contribution in [-0.4, -0.2) is 40.3 Å². The molecule has 16 heteroatoms. The Morgan fingerprint density at radius 3 is 2.17 bits per heavy atom. The average molecular weight is 792 g/mol. The molecular weight excluding hydrogens is 763 g/mol. The van der Waals surface area contributed by atoms with Crippen molar-refractivity contribution in [3.8, 4) is 0 Å². The van der Waals surface area contributed by atoms with Crippen LogP contribution in [-0.2, 0) is 23.7 Å². The van der Waals surface area contributed by atoms with Crippen molar-refractivity contribution in [2.75, 3.05) is 17.3 Å². The lowest BCUT2D eigenvalue weighted by molar-refractivity contribution is -0.143. The minimum absolute atomic E-state index is 0.0252. The van der Waals surface area contributed by atoms with E-state index in [0.29, 0.717) is 38.3 Å². The van der Waals surface area contributed by atoms with E-state index in [4.69, 9.17) is 0 Å². The lowest BCUT2D eigenvalue weighted by Gasteiger charge is -2.26. The van der Waals surface area contributed by atoms with Crippen molar-refractivity contribution >= 4 is 57.8 Å². The van der Waals surface area contributed by atoms with Gasteiger partial charge < -0.3 is 10.6 Å². The molecule has 3 amide bonds. The second kappa shape index (κ2) is 13.8. The summed E-state index contributed by atoms with van der Waals surface area (Å²) >= 11 is 3.57. The number of rotatable bonds is 9. The van der Waals surface area contributed by atoms with E-state index < -0.39 is 58.3 Å². The fourth-order valence-electron chi connectivity index (χ4n) is 4.84. The van der Waals surface area contributed by atoms with Gasteiger partial charge in [0.25, 0.3) is 17.7 Å². The van der Waals surface area contributed by atoms with Crippen molar-refractivity contribution in [2.24, 2.45) is 10.3 Å².